The Bertz CT molecular complexity index is 281. The summed E-state index contributed by atoms with van der Waals surface area (Å²) in [7, 11) is 0. The molecular formula is C12H19NO4. The Morgan fingerprint density at radius 3 is 2.65 bits per heavy atom. The van der Waals surface area contributed by atoms with E-state index < -0.39 is 5.97 Å². The lowest BCUT2D eigenvalue weighted by atomic mass is 10.3. The Hall–Kier alpha value is -1.54. The van der Waals surface area contributed by atoms with Gasteiger partial charge in [-0.1, -0.05) is 13.3 Å². The molecule has 0 saturated heterocycles. The van der Waals surface area contributed by atoms with E-state index in [-0.39, 0.29) is 12.2 Å². The van der Waals surface area contributed by atoms with Crippen LogP contribution in [0.25, 0.3) is 0 Å². The lowest BCUT2D eigenvalue weighted by molar-refractivity contribution is -0.140. The molecule has 0 aliphatic carbocycles. The molecule has 0 radical (unpaired) electrons. The zero-order valence-corrected chi connectivity index (χ0v) is 10.4. The van der Waals surface area contributed by atoms with Crippen molar-refractivity contribution in [1.29, 1.82) is 5.26 Å². The first-order valence-corrected chi connectivity index (χ1v) is 5.73. The minimum Gasteiger partial charge on any atom is -0.500 e. The lowest BCUT2D eigenvalue weighted by Gasteiger charge is -2.04. The molecule has 0 bridgehead atoms. The molecule has 0 aromatic carbocycles. The number of carbonyl (C=O) groups is 1. The topological polar surface area (TPSA) is 68.5 Å². The van der Waals surface area contributed by atoms with E-state index in [1.165, 1.54) is 0 Å². The molecule has 0 aliphatic heterocycles. The number of carbonyl (C=O) groups excluding carboxylic acids is 1. The van der Waals surface area contributed by atoms with Gasteiger partial charge in [-0.3, -0.25) is 0 Å². The average molecular weight is 241 g/mol. The maximum absolute atomic E-state index is 11.3. The first-order valence-electron chi connectivity index (χ1n) is 5.73. The smallest absolute Gasteiger partial charge is 0.352 e. The lowest BCUT2D eigenvalue weighted by Crippen LogP contribution is -2.12. The Morgan fingerprint density at radius 2 is 2.06 bits per heavy atom. The van der Waals surface area contributed by atoms with Gasteiger partial charge in [0.05, 0.1) is 13.2 Å². The number of unbranched alkanes of at least 4 members (excludes halogenated alkanes) is 1. The van der Waals surface area contributed by atoms with Crippen LogP contribution in [0.4, 0.5) is 0 Å². The molecule has 0 rings (SSSR count). The largest absolute Gasteiger partial charge is 0.500 e. The highest BCUT2D eigenvalue weighted by atomic mass is 16.6. The summed E-state index contributed by atoms with van der Waals surface area (Å²) in [4.78, 5) is 11.3. The molecular weight excluding hydrogens is 222 g/mol. The molecule has 0 aromatic heterocycles. The second-order valence-electron chi connectivity index (χ2n) is 3.20. The Labute approximate surface area is 102 Å². The Balaban J connectivity index is 3.73. The summed E-state index contributed by atoms with van der Waals surface area (Å²) in [6.07, 6.45) is 3.16. The maximum Gasteiger partial charge on any atom is 0.352 e. The summed E-state index contributed by atoms with van der Waals surface area (Å²) >= 11 is 0. The van der Waals surface area contributed by atoms with Crippen LogP contribution in [0.5, 0.6) is 0 Å². The molecule has 0 fully saturated rings. The SMILES string of the molecule is CCCCOCCOC(=O)C(C#N)=COCC. The van der Waals surface area contributed by atoms with Gasteiger partial charge in [-0.15, -0.1) is 0 Å². The van der Waals surface area contributed by atoms with Gasteiger partial charge in [-0.2, -0.15) is 5.26 Å². The van der Waals surface area contributed by atoms with Gasteiger partial charge >= 0.3 is 5.97 Å². The van der Waals surface area contributed by atoms with Crippen molar-refractivity contribution in [2.24, 2.45) is 0 Å². The van der Waals surface area contributed by atoms with Crippen molar-refractivity contribution < 1.29 is 19.0 Å². The first kappa shape index (κ1) is 15.5. The van der Waals surface area contributed by atoms with Gasteiger partial charge in [0.15, 0.2) is 5.57 Å². The van der Waals surface area contributed by atoms with Crippen molar-refractivity contribution in [2.45, 2.75) is 26.7 Å². The molecule has 0 atom stereocenters. The van der Waals surface area contributed by atoms with Gasteiger partial charge < -0.3 is 14.2 Å². The van der Waals surface area contributed by atoms with Crippen LogP contribution in [0, 0.1) is 11.3 Å². The van der Waals surface area contributed by atoms with Crippen LogP contribution in [0.1, 0.15) is 26.7 Å². The number of hydrogen-bond donors (Lipinski definition) is 0. The van der Waals surface area contributed by atoms with E-state index in [1.54, 1.807) is 13.0 Å². The van der Waals surface area contributed by atoms with Crippen LogP contribution in [0.3, 0.4) is 0 Å². The maximum atomic E-state index is 11.3. The second kappa shape index (κ2) is 11.0. The monoisotopic (exact) mass is 241 g/mol. The molecule has 5 nitrogen and oxygen atoms in total. The molecule has 0 N–H and O–H groups in total. The number of esters is 1. The molecule has 0 aromatic rings. The Kier molecular flexibility index (Phi) is 9.97. The average Bonchev–Trinajstić information content (AvgIpc) is 2.34. The third-order valence-electron chi connectivity index (χ3n) is 1.81. The highest BCUT2D eigenvalue weighted by Crippen LogP contribution is 1.97. The van der Waals surface area contributed by atoms with Crippen LogP contribution >= 0.6 is 0 Å². The summed E-state index contributed by atoms with van der Waals surface area (Å²) in [5.41, 5.74) is -0.139. The van der Waals surface area contributed by atoms with E-state index in [2.05, 4.69) is 6.92 Å². The molecule has 17 heavy (non-hydrogen) atoms. The van der Waals surface area contributed by atoms with Crippen LogP contribution in [-0.2, 0) is 19.0 Å². The minimum absolute atomic E-state index is 0.139. The molecule has 0 amide bonds. The standard InChI is InChI=1S/C12H19NO4/c1-3-5-6-16-7-8-17-12(14)11(9-13)10-15-4-2/h10H,3-8H2,1-2H3. The Morgan fingerprint density at radius 1 is 1.29 bits per heavy atom. The molecule has 5 heteroatoms. The van der Waals surface area contributed by atoms with E-state index in [9.17, 15) is 4.79 Å². The normalized spacial score (nSPS) is 10.8. The van der Waals surface area contributed by atoms with Crippen LogP contribution in [0.15, 0.2) is 11.8 Å². The summed E-state index contributed by atoms with van der Waals surface area (Å²) < 4.78 is 14.9. The molecule has 0 aliphatic rings. The fraction of sp³-hybridized carbons (Fsp3) is 0.667. The quantitative estimate of drug-likeness (QED) is 0.202. The zero-order chi connectivity index (χ0) is 12.9. The number of nitriles is 1. The highest BCUT2D eigenvalue weighted by molar-refractivity contribution is 5.92. The minimum atomic E-state index is -0.681. The predicted octanol–water partition coefficient (Wildman–Crippen LogP) is 1.79. The van der Waals surface area contributed by atoms with Crippen LogP contribution in [0.2, 0.25) is 0 Å². The van der Waals surface area contributed by atoms with E-state index in [4.69, 9.17) is 19.5 Å². The number of ether oxygens (including phenoxy) is 3. The fourth-order valence-corrected chi connectivity index (χ4v) is 0.906. The predicted molar refractivity (Wildman–Crippen MR) is 62.0 cm³/mol. The van der Waals surface area contributed by atoms with Gasteiger partial charge in [0, 0.05) is 6.61 Å². The van der Waals surface area contributed by atoms with Crippen LogP contribution < -0.4 is 0 Å². The van der Waals surface area contributed by atoms with Crippen molar-refractivity contribution >= 4 is 5.97 Å². The fourth-order valence-electron chi connectivity index (χ4n) is 0.906. The summed E-state index contributed by atoms with van der Waals surface area (Å²) in [6.45, 7) is 5.39. The van der Waals surface area contributed by atoms with Crippen molar-refractivity contribution in [3.63, 3.8) is 0 Å². The van der Waals surface area contributed by atoms with Gasteiger partial charge in [0.25, 0.3) is 0 Å². The van der Waals surface area contributed by atoms with Crippen molar-refractivity contribution in [3.05, 3.63) is 11.8 Å². The molecule has 0 unspecified atom stereocenters. The second-order valence-corrected chi connectivity index (χ2v) is 3.20. The van der Waals surface area contributed by atoms with Gasteiger partial charge in [0.2, 0.25) is 0 Å². The van der Waals surface area contributed by atoms with E-state index in [0.717, 1.165) is 19.1 Å². The number of rotatable bonds is 9. The van der Waals surface area contributed by atoms with Crippen LogP contribution in [-0.4, -0.2) is 32.4 Å². The summed E-state index contributed by atoms with van der Waals surface area (Å²) in [5.74, 6) is -0.681. The van der Waals surface area contributed by atoms with E-state index >= 15 is 0 Å². The molecule has 0 saturated carbocycles. The van der Waals surface area contributed by atoms with Crippen molar-refractivity contribution in [2.75, 3.05) is 26.4 Å². The third-order valence-corrected chi connectivity index (χ3v) is 1.81. The number of hydrogen-bond acceptors (Lipinski definition) is 5. The zero-order valence-electron chi connectivity index (χ0n) is 10.4. The molecule has 96 valence electrons. The highest BCUT2D eigenvalue weighted by Gasteiger charge is 2.10. The van der Waals surface area contributed by atoms with E-state index in [1.807, 2.05) is 0 Å². The number of nitrogens with zero attached hydrogens (tertiary/aromatic N) is 1. The van der Waals surface area contributed by atoms with Crippen molar-refractivity contribution in [1.82, 2.24) is 0 Å². The third kappa shape index (κ3) is 8.29. The van der Waals surface area contributed by atoms with Gasteiger partial charge in [-0.05, 0) is 13.3 Å². The molecule has 0 spiro atoms. The van der Waals surface area contributed by atoms with Gasteiger partial charge in [-0.25, -0.2) is 4.79 Å². The van der Waals surface area contributed by atoms with E-state index in [0.29, 0.717) is 19.8 Å². The van der Waals surface area contributed by atoms with Crippen molar-refractivity contribution in [3.8, 4) is 6.07 Å². The molecule has 0 heterocycles. The summed E-state index contributed by atoms with van der Waals surface area (Å²) in [6, 6.07) is 1.72. The van der Waals surface area contributed by atoms with Gasteiger partial charge in [0.1, 0.15) is 18.9 Å². The summed E-state index contributed by atoms with van der Waals surface area (Å²) in [5, 5.41) is 8.67. The first-order chi connectivity index (χ1) is 8.26.